The molecule has 0 unspecified atom stereocenters. The van der Waals surface area contributed by atoms with Gasteiger partial charge in [-0.1, -0.05) is 67.4 Å². The Balaban J connectivity index is 1.55. The lowest BCUT2D eigenvalue weighted by Gasteiger charge is -2.15. The number of phenols is 1. The molecular weight excluding hydrogens is 456 g/mol. The molecule has 35 heavy (non-hydrogen) atoms. The number of aryl methyl sites for hydroxylation is 2. The van der Waals surface area contributed by atoms with E-state index in [4.69, 9.17) is 11.6 Å². The summed E-state index contributed by atoms with van der Waals surface area (Å²) in [7, 11) is 2.01. The quantitative estimate of drug-likeness (QED) is 0.274. The van der Waals surface area contributed by atoms with Crippen LogP contribution in [-0.2, 0) is 19.9 Å². The van der Waals surface area contributed by atoms with Crippen LogP contribution in [0.25, 0.3) is 10.9 Å². The summed E-state index contributed by atoms with van der Waals surface area (Å²) in [5, 5.41) is 14.6. The van der Waals surface area contributed by atoms with E-state index in [1.807, 2.05) is 38.2 Å². The third kappa shape index (κ3) is 5.23. The van der Waals surface area contributed by atoms with E-state index >= 15 is 0 Å². The Kier molecular flexibility index (Phi) is 7.51. The molecule has 4 rings (SSSR count). The first-order chi connectivity index (χ1) is 16.8. The molecule has 4 aromatic rings. The molecule has 0 saturated carbocycles. The second-order valence-corrected chi connectivity index (χ2v) is 9.70. The van der Waals surface area contributed by atoms with Crippen LogP contribution < -0.4 is 5.32 Å². The van der Waals surface area contributed by atoms with E-state index in [9.17, 15) is 9.90 Å². The van der Waals surface area contributed by atoms with Crippen LogP contribution >= 0.6 is 11.6 Å². The van der Waals surface area contributed by atoms with Gasteiger partial charge in [-0.2, -0.15) is 0 Å². The number of aromatic nitrogens is 1. The average molecular weight is 489 g/mol. The van der Waals surface area contributed by atoms with Gasteiger partial charge in [0.25, 0.3) is 5.91 Å². The molecule has 1 aromatic heterocycles. The normalized spacial score (nSPS) is 12.1. The predicted molar refractivity (Wildman–Crippen MR) is 145 cm³/mol. The summed E-state index contributed by atoms with van der Waals surface area (Å²) in [5.41, 5.74) is 7.17. The molecule has 0 bridgehead atoms. The molecule has 2 N–H and O–H groups in total. The molecule has 0 aliphatic carbocycles. The number of benzene rings is 3. The van der Waals surface area contributed by atoms with Crippen LogP contribution in [0.3, 0.4) is 0 Å². The van der Waals surface area contributed by atoms with Gasteiger partial charge in [-0.15, -0.1) is 0 Å². The Bertz CT molecular complexity index is 1360. The minimum absolute atomic E-state index is 0.0861. The summed E-state index contributed by atoms with van der Waals surface area (Å²) < 4.78 is 2.11. The van der Waals surface area contributed by atoms with Crippen molar-refractivity contribution in [1.29, 1.82) is 0 Å². The van der Waals surface area contributed by atoms with Crippen LogP contribution in [0, 0.1) is 6.92 Å². The van der Waals surface area contributed by atoms with E-state index in [0.717, 1.165) is 39.7 Å². The van der Waals surface area contributed by atoms with Crippen molar-refractivity contribution in [1.82, 2.24) is 9.88 Å². The fraction of sp³-hybridized carbons (Fsp3) is 0.300. The molecule has 1 amide bonds. The van der Waals surface area contributed by atoms with Gasteiger partial charge in [-0.25, -0.2) is 0 Å². The van der Waals surface area contributed by atoms with E-state index < -0.39 is 0 Å². The van der Waals surface area contributed by atoms with Gasteiger partial charge in [-0.05, 0) is 67.1 Å². The lowest BCUT2D eigenvalue weighted by Crippen LogP contribution is -2.26. The predicted octanol–water partition coefficient (Wildman–Crippen LogP) is 7.27. The highest BCUT2D eigenvalue weighted by Crippen LogP contribution is 2.33. The average Bonchev–Trinajstić information content (AvgIpc) is 3.10. The van der Waals surface area contributed by atoms with E-state index in [0.29, 0.717) is 17.0 Å². The third-order valence-corrected chi connectivity index (χ3v) is 7.39. The van der Waals surface area contributed by atoms with Crippen molar-refractivity contribution in [2.75, 3.05) is 0 Å². The van der Waals surface area contributed by atoms with Gasteiger partial charge in [-0.3, -0.25) is 4.79 Å². The van der Waals surface area contributed by atoms with Gasteiger partial charge in [0, 0.05) is 35.6 Å². The van der Waals surface area contributed by atoms with Crippen molar-refractivity contribution >= 4 is 28.4 Å². The highest BCUT2D eigenvalue weighted by molar-refractivity contribution is 6.32. The van der Waals surface area contributed by atoms with Crippen LogP contribution in [0.4, 0.5) is 0 Å². The zero-order chi connectivity index (χ0) is 25.1. The summed E-state index contributed by atoms with van der Waals surface area (Å²) >= 11 is 6.34. The molecule has 0 saturated heterocycles. The second-order valence-electron chi connectivity index (χ2n) is 9.32. The minimum atomic E-state index is -0.0918. The van der Waals surface area contributed by atoms with Crippen LogP contribution in [-0.4, -0.2) is 15.6 Å². The first-order valence-electron chi connectivity index (χ1n) is 12.2. The number of hydrogen-bond acceptors (Lipinski definition) is 2. The molecule has 0 aliphatic heterocycles. The second kappa shape index (κ2) is 10.6. The zero-order valence-corrected chi connectivity index (χ0v) is 21.6. The maximum Gasteiger partial charge on any atom is 0.251 e. The molecule has 0 fully saturated rings. The van der Waals surface area contributed by atoms with Gasteiger partial charge in [0.2, 0.25) is 0 Å². The lowest BCUT2D eigenvalue weighted by molar-refractivity contribution is 0.0940. The Morgan fingerprint density at radius 3 is 2.57 bits per heavy atom. The van der Waals surface area contributed by atoms with Gasteiger partial charge in [0.1, 0.15) is 5.75 Å². The van der Waals surface area contributed by atoms with Crippen molar-refractivity contribution in [3.05, 3.63) is 99.2 Å². The number of aromatic hydroxyl groups is 1. The summed E-state index contributed by atoms with van der Waals surface area (Å²) in [4.78, 5) is 13.1. The SMILES string of the molecule is CCCCc1ccc([C@H](C)NC(=O)c2ccc3c(Cc4cccc(O)c4Cl)c(C)n(C)c3c2)cc1. The summed E-state index contributed by atoms with van der Waals surface area (Å²) in [5.74, 6) is -0.00313. The first-order valence-corrected chi connectivity index (χ1v) is 12.6. The number of hydrogen-bond donors (Lipinski definition) is 2. The fourth-order valence-corrected chi connectivity index (χ4v) is 4.81. The Morgan fingerprint density at radius 1 is 1.11 bits per heavy atom. The monoisotopic (exact) mass is 488 g/mol. The lowest BCUT2D eigenvalue weighted by atomic mass is 10.0. The van der Waals surface area contributed by atoms with Gasteiger partial charge in [0.15, 0.2) is 0 Å². The number of rotatable bonds is 8. The van der Waals surface area contributed by atoms with Crippen molar-refractivity contribution in [2.24, 2.45) is 7.05 Å². The number of amides is 1. The summed E-state index contributed by atoms with van der Waals surface area (Å²) in [6.07, 6.45) is 4.07. The topological polar surface area (TPSA) is 54.3 Å². The van der Waals surface area contributed by atoms with Crippen molar-refractivity contribution in [2.45, 2.75) is 52.5 Å². The summed E-state index contributed by atoms with van der Waals surface area (Å²) in [6.45, 7) is 6.28. The maximum atomic E-state index is 13.1. The zero-order valence-electron chi connectivity index (χ0n) is 20.9. The van der Waals surface area contributed by atoms with Gasteiger partial charge in [0.05, 0.1) is 11.1 Å². The number of fused-ring (bicyclic) bond motifs is 1. The van der Waals surface area contributed by atoms with E-state index in [1.165, 1.54) is 18.4 Å². The highest BCUT2D eigenvalue weighted by atomic mass is 35.5. The number of halogens is 1. The Labute approximate surface area is 212 Å². The minimum Gasteiger partial charge on any atom is -0.506 e. The summed E-state index contributed by atoms with van der Waals surface area (Å²) in [6, 6.07) is 19.6. The molecule has 1 atom stereocenters. The number of carbonyl (C=O) groups excluding carboxylic acids is 1. The van der Waals surface area contributed by atoms with Crippen LogP contribution in [0.15, 0.2) is 60.7 Å². The van der Waals surface area contributed by atoms with Crippen LogP contribution in [0.2, 0.25) is 5.02 Å². The molecule has 5 heteroatoms. The Hall–Kier alpha value is -3.24. The molecule has 1 heterocycles. The van der Waals surface area contributed by atoms with Crippen molar-refractivity contribution in [3.63, 3.8) is 0 Å². The maximum absolute atomic E-state index is 13.1. The largest absolute Gasteiger partial charge is 0.506 e. The number of nitrogens with zero attached hydrogens (tertiary/aromatic N) is 1. The molecule has 0 radical (unpaired) electrons. The highest BCUT2D eigenvalue weighted by Gasteiger charge is 2.18. The van der Waals surface area contributed by atoms with Gasteiger partial charge >= 0.3 is 0 Å². The Morgan fingerprint density at radius 2 is 1.86 bits per heavy atom. The molecule has 182 valence electrons. The standard InChI is InChI=1S/C30H33ClN2O2/c1-5-6-8-21-11-13-22(14-12-21)19(2)32-30(35)24-15-16-25-26(20(3)33(4)27(25)18-24)17-23-9-7-10-28(34)29(23)31/h7,9-16,18-19,34H,5-6,8,17H2,1-4H3,(H,32,35)/t19-/m0/s1. The molecular formula is C30H33ClN2O2. The van der Waals surface area contributed by atoms with E-state index in [1.54, 1.807) is 12.1 Å². The number of carbonyl (C=O) groups is 1. The third-order valence-electron chi connectivity index (χ3n) is 6.96. The molecule has 4 nitrogen and oxygen atoms in total. The molecule has 3 aromatic carbocycles. The fourth-order valence-electron chi connectivity index (χ4n) is 4.62. The van der Waals surface area contributed by atoms with E-state index in [2.05, 4.69) is 48.0 Å². The number of phenolic OH excluding ortho intramolecular Hbond substituents is 1. The van der Waals surface area contributed by atoms with Crippen molar-refractivity contribution in [3.8, 4) is 5.75 Å². The molecule has 0 aliphatic rings. The number of unbranched alkanes of at least 4 members (excludes halogenated alkanes) is 1. The van der Waals surface area contributed by atoms with Crippen LogP contribution in [0.5, 0.6) is 5.75 Å². The smallest absolute Gasteiger partial charge is 0.251 e. The van der Waals surface area contributed by atoms with E-state index in [-0.39, 0.29) is 17.7 Å². The molecule has 0 spiro atoms. The number of nitrogens with one attached hydrogen (secondary N) is 1. The first kappa shape index (κ1) is 24.9. The van der Waals surface area contributed by atoms with Crippen LogP contribution in [0.1, 0.15) is 71.0 Å². The van der Waals surface area contributed by atoms with Gasteiger partial charge < -0.3 is 15.0 Å². The van der Waals surface area contributed by atoms with Crippen molar-refractivity contribution < 1.29 is 9.90 Å².